The maximum atomic E-state index is 12.9. The molecule has 1 atom stereocenters. The number of carboxylic acids is 1. The van der Waals surface area contributed by atoms with Gasteiger partial charge in [0.15, 0.2) is 0 Å². The Labute approximate surface area is 188 Å². The maximum Gasteiger partial charge on any atom is 0.407 e. The van der Waals surface area contributed by atoms with Gasteiger partial charge in [0.05, 0.1) is 0 Å². The largest absolute Gasteiger partial charge is 0.480 e. The highest BCUT2D eigenvalue weighted by atomic mass is 16.5. The van der Waals surface area contributed by atoms with Crippen molar-refractivity contribution < 1.29 is 24.2 Å². The smallest absolute Gasteiger partial charge is 0.407 e. The average Bonchev–Trinajstić information content (AvgIpc) is 3.08. The second-order valence-electron chi connectivity index (χ2n) is 8.40. The van der Waals surface area contributed by atoms with Gasteiger partial charge >= 0.3 is 12.1 Å². The highest BCUT2D eigenvalue weighted by Crippen LogP contribution is 2.44. The van der Waals surface area contributed by atoms with E-state index in [1.165, 1.54) is 4.90 Å². The number of carboxylic acid groups (broad SMARTS) is 1. The van der Waals surface area contributed by atoms with Gasteiger partial charge in [-0.05, 0) is 41.5 Å². The molecule has 7 heteroatoms. The molecule has 0 aromatic heterocycles. The molecule has 0 bridgehead atoms. The second-order valence-corrected chi connectivity index (χ2v) is 8.40. The van der Waals surface area contributed by atoms with E-state index in [0.29, 0.717) is 6.42 Å². The molecule has 0 saturated carbocycles. The Morgan fingerprint density at radius 1 is 1.03 bits per heavy atom. The van der Waals surface area contributed by atoms with E-state index in [4.69, 9.17) is 9.84 Å². The zero-order valence-corrected chi connectivity index (χ0v) is 18.7. The molecule has 3 rings (SSSR count). The van der Waals surface area contributed by atoms with Crippen molar-refractivity contribution in [2.45, 2.75) is 39.2 Å². The molecular weight excluding hydrogens is 408 g/mol. The number of carbonyl (C=O) groups is 3. The molecule has 0 heterocycles. The van der Waals surface area contributed by atoms with Gasteiger partial charge in [-0.2, -0.15) is 0 Å². The van der Waals surface area contributed by atoms with E-state index in [1.807, 2.05) is 50.2 Å². The highest BCUT2D eigenvalue weighted by molar-refractivity contribution is 5.88. The number of fused-ring (bicyclic) bond motifs is 3. The van der Waals surface area contributed by atoms with Crippen molar-refractivity contribution in [1.82, 2.24) is 10.2 Å². The number of alkyl carbamates (subject to hydrolysis) is 1. The molecule has 0 fully saturated rings. The van der Waals surface area contributed by atoms with Crippen LogP contribution in [0.3, 0.4) is 0 Å². The van der Waals surface area contributed by atoms with Crippen LogP contribution in [0.25, 0.3) is 11.1 Å². The Morgan fingerprint density at radius 2 is 1.59 bits per heavy atom. The molecule has 0 unspecified atom stereocenters. The molecule has 2 aromatic rings. The SMILES string of the molecule is CCN(CC(=O)O)C(=O)[C@H](CC(C)C)NC(=O)OCC1c2ccccc2-c2ccccc21. The van der Waals surface area contributed by atoms with Crippen LogP contribution in [0, 0.1) is 5.92 Å². The van der Waals surface area contributed by atoms with Crippen molar-refractivity contribution in [2.75, 3.05) is 19.7 Å². The second kappa shape index (κ2) is 10.3. The van der Waals surface area contributed by atoms with Gasteiger partial charge in [-0.15, -0.1) is 0 Å². The lowest BCUT2D eigenvalue weighted by Gasteiger charge is -2.26. The Balaban J connectivity index is 1.69. The molecule has 1 aliphatic rings. The maximum absolute atomic E-state index is 12.9. The first kappa shape index (κ1) is 23.3. The number of rotatable bonds is 9. The molecule has 2 aromatic carbocycles. The number of benzene rings is 2. The van der Waals surface area contributed by atoms with Crippen LogP contribution in [0.15, 0.2) is 48.5 Å². The highest BCUT2D eigenvalue weighted by Gasteiger charge is 2.31. The molecule has 0 saturated heterocycles. The number of amides is 2. The van der Waals surface area contributed by atoms with Crippen molar-refractivity contribution in [2.24, 2.45) is 5.92 Å². The normalized spacial score (nSPS) is 13.2. The van der Waals surface area contributed by atoms with Crippen LogP contribution in [-0.2, 0) is 14.3 Å². The molecular formula is C25H30N2O5. The van der Waals surface area contributed by atoms with Crippen LogP contribution >= 0.6 is 0 Å². The van der Waals surface area contributed by atoms with E-state index in [1.54, 1.807) is 6.92 Å². The summed E-state index contributed by atoms with van der Waals surface area (Å²) in [6, 6.07) is 15.3. The number of ether oxygens (including phenoxy) is 1. The van der Waals surface area contributed by atoms with Crippen LogP contribution in [0.4, 0.5) is 4.79 Å². The van der Waals surface area contributed by atoms with E-state index in [2.05, 4.69) is 17.4 Å². The lowest BCUT2D eigenvalue weighted by atomic mass is 9.98. The fourth-order valence-corrected chi connectivity index (χ4v) is 4.20. The fraction of sp³-hybridized carbons (Fsp3) is 0.400. The average molecular weight is 439 g/mol. The van der Waals surface area contributed by atoms with Gasteiger partial charge in [-0.25, -0.2) is 4.79 Å². The first-order valence-electron chi connectivity index (χ1n) is 10.9. The minimum Gasteiger partial charge on any atom is -0.480 e. The quantitative estimate of drug-likeness (QED) is 0.620. The summed E-state index contributed by atoms with van der Waals surface area (Å²) >= 11 is 0. The number of aliphatic carboxylic acids is 1. The lowest BCUT2D eigenvalue weighted by molar-refractivity contribution is -0.145. The van der Waals surface area contributed by atoms with E-state index >= 15 is 0 Å². The van der Waals surface area contributed by atoms with Crippen molar-refractivity contribution in [3.63, 3.8) is 0 Å². The molecule has 0 aliphatic heterocycles. The molecule has 0 spiro atoms. The van der Waals surface area contributed by atoms with Crippen LogP contribution < -0.4 is 5.32 Å². The first-order valence-corrected chi connectivity index (χ1v) is 10.9. The molecule has 32 heavy (non-hydrogen) atoms. The monoisotopic (exact) mass is 438 g/mol. The van der Waals surface area contributed by atoms with Gasteiger partial charge in [0.1, 0.15) is 19.2 Å². The van der Waals surface area contributed by atoms with Crippen LogP contribution in [0.1, 0.15) is 44.2 Å². The summed E-state index contributed by atoms with van der Waals surface area (Å²) in [5, 5.41) is 11.7. The minimum atomic E-state index is -1.09. The Bertz CT molecular complexity index is 942. The Hall–Kier alpha value is -3.35. The zero-order chi connectivity index (χ0) is 23.3. The van der Waals surface area contributed by atoms with Gasteiger partial charge in [0, 0.05) is 12.5 Å². The van der Waals surface area contributed by atoms with Crippen molar-refractivity contribution >= 4 is 18.0 Å². The van der Waals surface area contributed by atoms with Gasteiger partial charge in [-0.3, -0.25) is 9.59 Å². The molecule has 7 nitrogen and oxygen atoms in total. The molecule has 2 N–H and O–H groups in total. The van der Waals surface area contributed by atoms with E-state index in [9.17, 15) is 14.4 Å². The van der Waals surface area contributed by atoms with E-state index < -0.39 is 30.6 Å². The van der Waals surface area contributed by atoms with Crippen LogP contribution in [0.2, 0.25) is 0 Å². The lowest BCUT2D eigenvalue weighted by Crippen LogP contribution is -2.50. The number of hydrogen-bond donors (Lipinski definition) is 2. The Morgan fingerprint density at radius 3 is 2.09 bits per heavy atom. The predicted octanol–water partition coefficient (Wildman–Crippen LogP) is 3.87. The third kappa shape index (κ3) is 5.28. The Kier molecular flexibility index (Phi) is 7.51. The number of nitrogens with one attached hydrogen (secondary N) is 1. The molecule has 2 amide bonds. The standard InChI is InChI=1S/C25H30N2O5/c1-4-27(14-23(28)29)24(30)22(13-16(2)3)26-25(31)32-15-21-19-11-7-5-9-17(19)18-10-6-8-12-20(18)21/h5-12,16,21-22H,4,13-15H2,1-3H3,(H,26,31)(H,28,29)/t22-/m0/s1. The van der Waals surface area contributed by atoms with Gasteiger partial charge in [0.2, 0.25) is 5.91 Å². The number of likely N-dealkylation sites (N-methyl/N-ethyl adjacent to an activating group) is 1. The minimum absolute atomic E-state index is 0.0773. The van der Waals surface area contributed by atoms with E-state index in [-0.39, 0.29) is 25.0 Å². The van der Waals surface area contributed by atoms with Crippen molar-refractivity contribution in [3.05, 3.63) is 59.7 Å². The molecule has 170 valence electrons. The van der Waals surface area contributed by atoms with Crippen LogP contribution in [0.5, 0.6) is 0 Å². The van der Waals surface area contributed by atoms with Gasteiger partial charge in [-0.1, -0.05) is 62.4 Å². The number of carbonyl (C=O) groups excluding carboxylic acids is 2. The van der Waals surface area contributed by atoms with Gasteiger partial charge in [0.25, 0.3) is 0 Å². The van der Waals surface area contributed by atoms with Crippen molar-refractivity contribution in [3.8, 4) is 11.1 Å². The molecule has 1 aliphatic carbocycles. The summed E-state index contributed by atoms with van der Waals surface area (Å²) in [5.74, 6) is -1.46. The predicted molar refractivity (Wildman–Crippen MR) is 121 cm³/mol. The fourth-order valence-electron chi connectivity index (χ4n) is 4.20. The molecule has 0 radical (unpaired) electrons. The summed E-state index contributed by atoms with van der Waals surface area (Å²) < 4.78 is 5.56. The third-order valence-electron chi connectivity index (χ3n) is 5.66. The van der Waals surface area contributed by atoms with Gasteiger partial charge < -0.3 is 20.1 Å². The number of hydrogen-bond acceptors (Lipinski definition) is 4. The zero-order valence-electron chi connectivity index (χ0n) is 18.7. The first-order chi connectivity index (χ1) is 15.3. The third-order valence-corrected chi connectivity index (χ3v) is 5.66. The summed E-state index contributed by atoms with van der Waals surface area (Å²) in [6.45, 7) is 5.57. The van der Waals surface area contributed by atoms with Crippen molar-refractivity contribution in [1.29, 1.82) is 0 Å². The summed E-state index contributed by atoms with van der Waals surface area (Å²) in [7, 11) is 0. The number of nitrogens with zero attached hydrogens (tertiary/aromatic N) is 1. The summed E-state index contributed by atoms with van der Waals surface area (Å²) in [4.78, 5) is 37.8. The topological polar surface area (TPSA) is 95.9 Å². The summed E-state index contributed by atoms with van der Waals surface area (Å²) in [6.07, 6.45) is -0.295. The van der Waals surface area contributed by atoms with Crippen LogP contribution in [-0.4, -0.2) is 53.7 Å². The van der Waals surface area contributed by atoms with E-state index in [0.717, 1.165) is 22.3 Å². The summed E-state index contributed by atoms with van der Waals surface area (Å²) in [5.41, 5.74) is 4.49.